The maximum atomic E-state index is 13.1. The number of pyridine rings is 1. The Morgan fingerprint density at radius 1 is 1.14 bits per heavy atom. The lowest BCUT2D eigenvalue weighted by Crippen LogP contribution is -2.29. The van der Waals surface area contributed by atoms with E-state index in [1.54, 1.807) is 25.4 Å². The summed E-state index contributed by atoms with van der Waals surface area (Å²) in [5.74, 6) is 0.586. The third-order valence-electron chi connectivity index (χ3n) is 4.95. The third kappa shape index (κ3) is 3.42. The molecule has 1 aromatic heterocycles. The molecule has 4 rings (SSSR count). The summed E-state index contributed by atoms with van der Waals surface area (Å²) in [6.07, 6.45) is 2.29. The topological polar surface area (TPSA) is 109 Å². The van der Waals surface area contributed by atoms with Crippen LogP contribution < -0.4 is 14.8 Å². The molecule has 8 heteroatoms. The molecule has 0 saturated carbocycles. The molecule has 0 radical (unpaired) electrons. The summed E-state index contributed by atoms with van der Waals surface area (Å²) < 4.78 is 32.8. The molecular formula is C21H20N4O3S. The number of rotatable bonds is 5. The molecule has 0 aliphatic carbocycles. The first kappa shape index (κ1) is 18.9. The Hall–Kier alpha value is -3.39. The summed E-state index contributed by atoms with van der Waals surface area (Å²) in [6.45, 7) is 0.381. The molecule has 0 fully saturated rings. The van der Waals surface area contributed by atoms with Gasteiger partial charge in [-0.05, 0) is 60.5 Å². The van der Waals surface area contributed by atoms with E-state index >= 15 is 0 Å². The average Bonchev–Trinajstić information content (AvgIpc) is 3.18. The van der Waals surface area contributed by atoms with Gasteiger partial charge in [-0.1, -0.05) is 6.07 Å². The van der Waals surface area contributed by atoms with E-state index < -0.39 is 10.0 Å². The van der Waals surface area contributed by atoms with E-state index in [0.717, 1.165) is 16.8 Å². The minimum atomic E-state index is -3.69. The average molecular weight is 408 g/mol. The molecule has 0 amide bonds. The maximum Gasteiger partial charge on any atom is 0.264 e. The number of benzene rings is 2. The van der Waals surface area contributed by atoms with Crippen LogP contribution in [0, 0.1) is 5.41 Å². The summed E-state index contributed by atoms with van der Waals surface area (Å²) in [4.78, 5) is 4.58. The minimum absolute atomic E-state index is 0.0971. The number of amidine groups is 1. The Balaban J connectivity index is 1.65. The Morgan fingerprint density at radius 3 is 2.52 bits per heavy atom. The Kier molecular flexibility index (Phi) is 4.71. The zero-order valence-electron chi connectivity index (χ0n) is 15.8. The quantitative estimate of drug-likeness (QED) is 0.498. The molecule has 7 nitrogen and oxygen atoms in total. The van der Waals surface area contributed by atoms with E-state index in [-0.39, 0.29) is 10.7 Å². The van der Waals surface area contributed by atoms with Crippen molar-refractivity contribution in [3.63, 3.8) is 0 Å². The maximum absolute atomic E-state index is 13.1. The van der Waals surface area contributed by atoms with Crippen molar-refractivity contribution in [2.24, 2.45) is 5.73 Å². The van der Waals surface area contributed by atoms with E-state index in [9.17, 15) is 8.42 Å². The number of aromatic nitrogens is 1. The Labute approximate surface area is 169 Å². The van der Waals surface area contributed by atoms with Gasteiger partial charge in [-0.25, -0.2) is 8.42 Å². The Bertz CT molecular complexity index is 1170. The number of fused-ring (bicyclic) bond motifs is 1. The van der Waals surface area contributed by atoms with Crippen LogP contribution in [0.1, 0.15) is 11.1 Å². The minimum Gasteiger partial charge on any atom is -0.495 e. The second-order valence-corrected chi connectivity index (χ2v) is 8.55. The molecule has 0 bridgehead atoms. The first-order valence-corrected chi connectivity index (χ1v) is 10.4. The number of hydrogen-bond donors (Lipinski definition) is 2. The molecule has 0 unspecified atom stereocenters. The molecule has 2 heterocycles. The fraction of sp³-hybridized carbons (Fsp3) is 0.143. The molecule has 29 heavy (non-hydrogen) atoms. The van der Waals surface area contributed by atoms with Gasteiger partial charge in [-0.3, -0.25) is 14.7 Å². The monoisotopic (exact) mass is 408 g/mol. The Morgan fingerprint density at radius 2 is 1.90 bits per heavy atom. The van der Waals surface area contributed by atoms with Crippen LogP contribution >= 0.6 is 0 Å². The van der Waals surface area contributed by atoms with Crippen molar-refractivity contribution in [1.29, 1.82) is 5.41 Å². The van der Waals surface area contributed by atoms with Crippen molar-refractivity contribution in [2.45, 2.75) is 11.3 Å². The third-order valence-corrected chi connectivity index (χ3v) is 6.78. The van der Waals surface area contributed by atoms with Gasteiger partial charge in [0.05, 0.1) is 29.6 Å². The molecular weight excluding hydrogens is 388 g/mol. The molecule has 148 valence electrons. The van der Waals surface area contributed by atoms with Crippen LogP contribution in [0.5, 0.6) is 5.75 Å². The standard InChI is InChI=1S/C21H20N4O3S/c1-28-17-5-8-19(24-13-17)15-4-9-20-16(12-15)10-11-25(20)29(26,27)18-6-2-14(3-7-18)21(22)23/h2-9,12-13H,10-11H2,1H3,(H3,22,23). The van der Waals surface area contributed by atoms with Crippen LogP contribution in [0.25, 0.3) is 11.3 Å². The van der Waals surface area contributed by atoms with Gasteiger partial charge in [-0.15, -0.1) is 0 Å². The molecule has 0 spiro atoms. The largest absolute Gasteiger partial charge is 0.495 e. The fourth-order valence-corrected chi connectivity index (χ4v) is 4.89. The van der Waals surface area contributed by atoms with Crippen molar-refractivity contribution < 1.29 is 13.2 Å². The molecule has 3 aromatic rings. The first-order chi connectivity index (χ1) is 13.9. The lowest BCUT2D eigenvalue weighted by Gasteiger charge is -2.20. The highest BCUT2D eigenvalue weighted by atomic mass is 32.2. The summed E-state index contributed by atoms with van der Waals surface area (Å²) >= 11 is 0. The van der Waals surface area contributed by atoms with Crippen LogP contribution in [0.3, 0.4) is 0 Å². The normalized spacial score (nSPS) is 13.2. The molecule has 0 saturated heterocycles. The van der Waals surface area contributed by atoms with Gasteiger partial charge >= 0.3 is 0 Å². The van der Waals surface area contributed by atoms with Gasteiger partial charge in [0.2, 0.25) is 0 Å². The van der Waals surface area contributed by atoms with E-state index in [1.165, 1.54) is 16.4 Å². The zero-order chi connectivity index (χ0) is 20.6. The van der Waals surface area contributed by atoms with Crippen LogP contribution in [-0.4, -0.2) is 32.9 Å². The second-order valence-electron chi connectivity index (χ2n) is 6.69. The van der Waals surface area contributed by atoms with Crippen LogP contribution in [0.15, 0.2) is 65.7 Å². The van der Waals surface area contributed by atoms with Crippen molar-refractivity contribution >= 4 is 21.5 Å². The zero-order valence-corrected chi connectivity index (χ0v) is 16.6. The number of hydrogen-bond acceptors (Lipinski definition) is 5. The van der Waals surface area contributed by atoms with E-state index in [1.807, 2.05) is 30.3 Å². The number of sulfonamides is 1. The fourth-order valence-electron chi connectivity index (χ4n) is 3.39. The van der Waals surface area contributed by atoms with Gasteiger partial charge < -0.3 is 10.5 Å². The molecule has 1 aliphatic heterocycles. The number of nitrogens with zero attached hydrogens (tertiary/aromatic N) is 2. The molecule has 1 aliphatic rings. The highest BCUT2D eigenvalue weighted by molar-refractivity contribution is 7.92. The summed E-state index contributed by atoms with van der Waals surface area (Å²) in [7, 11) is -2.10. The lowest BCUT2D eigenvalue weighted by molar-refractivity contribution is 0.413. The van der Waals surface area contributed by atoms with Gasteiger partial charge in [0.15, 0.2) is 0 Å². The van der Waals surface area contributed by atoms with E-state index in [2.05, 4.69) is 4.98 Å². The van der Waals surface area contributed by atoms with Crippen LogP contribution in [0.4, 0.5) is 5.69 Å². The number of nitrogens with one attached hydrogen (secondary N) is 1. The molecule has 0 atom stereocenters. The van der Waals surface area contributed by atoms with Crippen molar-refractivity contribution in [2.75, 3.05) is 18.0 Å². The summed E-state index contributed by atoms with van der Waals surface area (Å²) in [6, 6.07) is 15.5. The predicted molar refractivity (Wildman–Crippen MR) is 112 cm³/mol. The number of anilines is 1. The lowest BCUT2D eigenvalue weighted by atomic mass is 10.1. The number of methoxy groups -OCH3 is 1. The summed E-state index contributed by atoms with van der Waals surface area (Å²) in [5.41, 5.74) is 9.30. The van der Waals surface area contributed by atoms with Gasteiger partial charge in [-0.2, -0.15) is 0 Å². The van der Waals surface area contributed by atoms with Crippen LogP contribution in [-0.2, 0) is 16.4 Å². The van der Waals surface area contributed by atoms with Gasteiger partial charge in [0.1, 0.15) is 11.6 Å². The highest BCUT2D eigenvalue weighted by Crippen LogP contribution is 2.35. The summed E-state index contributed by atoms with van der Waals surface area (Å²) in [5, 5.41) is 7.44. The SMILES string of the molecule is COc1ccc(-c2ccc3c(c2)CCN3S(=O)(=O)c2ccc(C(=N)N)cc2)nc1. The predicted octanol–water partition coefficient (Wildman–Crippen LogP) is 2.79. The van der Waals surface area contributed by atoms with E-state index in [0.29, 0.717) is 30.0 Å². The van der Waals surface area contributed by atoms with Crippen molar-refractivity contribution in [1.82, 2.24) is 4.98 Å². The number of nitrogens with two attached hydrogens (primary N) is 1. The first-order valence-electron chi connectivity index (χ1n) is 9.01. The van der Waals surface area contributed by atoms with Gasteiger partial charge in [0, 0.05) is 17.7 Å². The van der Waals surface area contributed by atoms with Crippen LogP contribution in [0.2, 0.25) is 0 Å². The van der Waals surface area contributed by atoms with Crippen molar-refractivity contribution in [3.05, 3.63) is 71.9 Å². The van der Waals surface area contributed by atoms with Crippen molar-refractivity contribution in [3.8, 4) is 17.0 Å². The number of ether oxygens (including phenoxy) is 1. The molecule has 2 aromatic carbocycles. The number of nitrogen functional groups attached to an aromatic ring is 1. The highest BCUT2D eigenvalue weighted by Gasteiger charge is 2.31. The van der Waals surface area contributed by atoms with Gasteiger partial charge in [0.25, 0.3) is 10.0 Å². The smallest absolute Gasteiger partial charge is 0.264 e. The van der Waals surface area contributed by atoms with E-state index in [4.69, 9.17) is 15.9 Å². The molecule has 3 N–H and O–H groups in total. The second kappa shape index (κ2) is 7.21.